The van der Waals surface area contributed by atoms with Gasteiger partial charge in [-0.2, -0.15) is 0 Å². The number of amides is 1. The van der Waals surface area contributed by atoms with E-state index in [-0.39, 0.29) is 11.9 Å². The molecule has 0 aliphatic carbocycles. The number of nitrogens with one attached hydrogen (secondary N) is 2. The fourth-order valence-electron chi connectivity index (χ4n) is 2.29. The molecule has 1 fully saturated rings. The van der Waals surface area contributed by atoms with Crippen molar-refractivity contribution in [3.63, 3.8) is 0 Å². The molecule has 0 spiro atoms. The van der Waals surface area contributed by atoms with Crippen LogP contribution in [-0.2, 0) is 4.79 Å². The Bertz CT molecular complexity index is 426. The van der Waals surface area contributed by atoms with Gasteiger partial charge in [-0.05, 0) is 42.6 Å². The van der Waals surface area contributed by atoms with Gasteiger partial charge in [0, 0.05) is 11.4 Å². The molecule has 3 nitrogen and oxygen atoms in total. The molecule has 0 aromatic heterocycles. The summed E-state index contributed by atoms with van der Waals surface area (Å²) in [6.07, 6.45) is 0.615. The average molecular weight is 281 g/mol. The van der Waals surface area contributed by atoms with Crippen LogP contribution in [0.2, 0.25) is 5.02 Å². The fourth-order valence-corrected chi connectivity index (χ4v) is 2.42. The molecule has 1 heterocycles. The molecule has 0 bridgehead atoms. The summed E-state index contributed by atoms with van der Waals surface area (Å²) in [4.78, 5) is 12.0. The van der Waals surface area contributed by atoms with Crippen molar-refractivity contribution in [3.8, 4) is 0 Å². The molecule has 4 heteroatoms. The first-order chi connectivity index (χ1) is 9.06. The van der Waals surface area contributed by atoms with E-state index in [4.69, 9.17) is 11.6 Å². The summed E-state index contributed by atoms with van der Waals surface area (Å²) in [5.41, 5.74) is 1.11. The lowest BCUT2D eigenvalue weighted by atomic mass is 9.94. The van der Waals surface area contributed by atoms with Gasteiger partial charge >= 0.3 is 0 Å². The summed E-state index contributed by atoms with van der Waals surface area (Å²) in [5.74, 6) is 0.989. The quantitative estimate of drug-likeness (QED) is 0.871. The Morgan fingerprint density at radius 1 is 1.37 bits per heavy atom. The van der Waals surface area contributed by atoms with E-state index in [1.54, 1.807) is 0 Å². The fraction of sp³-hybridized carbons (Fsp3) is 0.533. The lowest BCUT2D eigenvalue weighted by Crippen LogP contribution is -2.45. The highest BCUT2D eigenvalue weighted by Gasteiger charge is 2.23. The normalized spacial score (nSPS) is 17.1. The van der Waals surface area contributed by atoms with Gasteiger partial charge in [-0.1, -0.05) is 37.6 Å². The van der Waals surface area contributed by atoms with Crippen molar-refractivity contribution in [2.75, 3.05) is 13.1 Å². The van der Waals surface area contributed by atoms with Gasteiger partial charge in [-0.15, -0.1) is 0 Å². The molecule has 1 atom stereocenters. The topological polar surface area (TPSA) is 41.1 Å². The summed E-state index contributed by atoms with van der Waals surface area (Å²) in [6.45, 7) is 6.15. The second kappa shape index (κ2) is 6.40. The molecule has 19 heavy (non-hydrogen) atoms. The molecule has 1 aliphatic rings. The summed E-state index contributed by atoms with van der Waals surface area (Å²) >= 11 is 5.90. The first-order valence-electron chi connectivity index (χ1n) is 6.82. The Hall–Kier alpha value is -1.06. The van der Waals surface area contributed by atoms with Crippen LogP contribution in [0.4, 0.5) is 0 Å². The second-order valence-electron chi connectivity index (χ2n) is 5.57. The molecule has 2 N–H and O–H groups in total. The van der Waals surface area contributed by atoms with Crippen molar-refractivity contribution in [3.05, 3.63) is 34.9 Å². The summed E-state index contributed by atoms with van der Waals surface area (Å²) in [6, 6.07) is 7.76. The SMILES string of the molecule is CC(C)C(NC(=O)CC1CNC1)c1ccc(Cl)cc1. The van der Waals surface area contributed by atoms with Gasteiger partial charge in [0.25, 0.3) is 0 Å². The van der Waals surface area contributed by atoms with Crippen LogP contribution < -0.4 is 10.6 Å². The van der Waals surface area contributed by atoms with Crippen LogP contribution in [0.5, 0.6) is 0 Å². The Morgan fingerprint density at radius 3 is 2.47 bits per heavy atom. The van der Waals surface area contributed by atoms with E-state index >= 15 is 0 Å². The van der Waals surface area contributed by atoms with E-state index in [2.05, 4.69) is 24.5 Å². The van der Waals surface area contributed by atoms with Gasteiger partial charge in [0.15, 0.2) is 0 Å². The van der Waals surface area contributed by atoms with Crippen LogP contribution in [0.3, 0.4) is 0 Å². The van der Waals surface area contributed by atoms with Gasteiger partial charge in [-0.25, -0.2) is 0 Å². The zero-order valence-corrected chi connectivity index (χ0v) is 12.2. The minimum absolute atomic E-state index is 0.0535. The molecule has 1 amide bonds. The van der Waals surface area contributed by atoms with E-state index < -0.39 is 0 Å². The molecule has 1 aliphatic heterocycles. The minimum atomic E-state index is 0.0535. The Balaban J connectivity index is 1.99. The number of rotatable bonds is 5. The van der Waals surface area contributed by atoms with Gasteiger partial charge < -0.3 is 10.6 Å². The van der Waals surface area contributed by atoms with Gasteiger partial charge in [-0.3, -0.25) is 4.79 Å². The lowest BCUT2D eigenvalue weighted by Gasteiger charge is -2.28. The molecular formula is C15H21ClN2O. The molecule has 0 radical (unpaired) electrons. The number of carbonyl (C=O) groups excluding carboxylic acids is 1. The molecule has 1 aromatic carbocycles. The summed E-state index contributed by atoms with van der Waals surface area (Å²) in [5, 5.41) is 7.05. The number of benzene rings is 1. The van der Waals surface area contributed by atoms with Crippen molar-refractivity contribution in [1.82, 2.24) is 10.6 Å². The lowest BCUT2D eigenvalue weighted by molar-refractivity contribution is -0.123. The standard InChI is InChI=1S/C15H21ClN2O/c1-10(2)15(12-3-5-13(16)6-4-12)18-14(19)7-11-8-17-9-11/h3-6,10-11,15,17H,7-9H2,1-2H3,(H,18,19). The van der Waals surface area contributed by atoms with Crippen molar-refractivity contribution in [2.24, 2.45) is 11.8 Å². The van der Waals surface area contributed by atoms with Crippen LogP contribution in [0.25, 0.3) is 0 Å². The second-order valence-corrected chi connectivity index (χ2v) is 6.01. The van der Waals surface area contributed by atoms with Crippen molar-refractivity contribution in [1.29, 1.82) is 0 Å². The number of carbonyl (C=O) groups is 1. The first-order valence-corrected chi connectivity index (χ1v) is 7.19. The highest BCUT2D eigenvalue weighted by atomic mass is 35.5. The average Bonchev–Trinajstić information content (AvgIpc) is 2.32. The summed E-state index contributed by atoms with van der Waals surface area (Å²) in [7, 11) is 0. The van der Waals surface area contributed by atoms with Crippen molar-refractivity contribution in [2.45, 2.75) is 26.3 Å². The molecule has 0 saturated carbocycles. The van der Waals surface area contributed by atoms with Gasteiger partial charge in [0.05, 0.1) is 6.04 Å². The number of halogens is 1. The third-order valence-corrected chi connectivity index (χ3v) is 3.80. The monoisotopic (exact) mass is 280 g/mol. The van der Waals surface area contributed by atoms with Crippen molar-refractivity contribution < 1.29 is 4.79 Å². The first kappa shape index (κ1) is 14.4. The van der Waals surface area contributed by atoms with Crippen LogP contribution in [0, 0.1) is 11.8 Å². The molecule has 104 valence electrons. The minimum Gasteiger partial charge on any atom is -0.349 e. The van der Waals surface area contributed by atoms with Crippen LogP contribution >= 0.6 is 11.6 Å². The Kier molecular flexibility index (Phi) is 4.83. The van der Waals surface area contributed by atoms with Crippen molar-refractivity contribution >= 4 is 17.5 Å². The predicted molar refractivity (Wildman–Crippen MR) is 78.2 cm³/mol. The van der Waals surface area contributed by atoms with Gasteiger partial charge in [0.2, 0.25) is 5.91 Å². The highest BCUT2D eigenvalue weighted by Crippen LogP contribution is 2.23. The molecule has 1 saturated heterocycles. The van der Waals surface area contributed by atoms with Crippen LogP contribution in [0.15, 0.2) is 24.3 Å². The molecule has 1 aromatic rings. The van der Waals surface area contributed by atoms with E-state index in [1.807, 2.05) is 24.3 Å². The van der Waals surface area contributed by atoms with E-state index in [0.29, 0.717) is 18.3 Å². The Labute approximate surface area is 119 Å². The van der Waals surface area contributed by atoms with E-state index in [9.17, 15) is 4.79 Å². The smallest absolute Gasteiger partial charge is 0.220 e. The highest BCUT2D eigenvalue weighted by molar-refractivity contribution is 6.30. The van der Waals surface area contributed by atoms with E-state index in [0.717, 1.165) is 23.7 Å². The summed E-state index contributed by atoms with van der Waals surface area (Å²) < 4.78 is 0. The van der Waals surface area contributed by atoms with Gasteiger partial charge in [0.1, 0.15) is 0 Å². The maximum absolute atomic E-state index is 12.0. The Morgan fingerprint density at radius 2 is 2.00 bits per heavy atom. The van der Waals surface area contributed by atoms with E-state index in [1.165, 1.54) is 0 Å². The maximum Gasteiger partial charge on any atom is 0.220 e. The third-order valence-electron chi connectivity index (χ3n) is 3.55. The van der Waals surface area contributed by atoms with Crippen LogP contribution in [-0.4, -0.2) is 19.0 Å². The zero-order chi connectivity index (χ0) is 13.8. The molecule has 2 rings (SSSR count). The molecule has 1 unspecified atom stereocenters. The number of hydrogen-bond acceptors (Lipinski definition) is 2. The predicted octanol–water partition coefficient (Wildman–Crippen LogP) is 2.76. The maximum atomic E-state index is 12.0. The zero-order valence-electron chi connectivity index (χ0n) is 11.4. The molecular weight excluding hydrogens is 260 g/mol. The number of hydrogen-bond donors (Lipinski definition) is 2. The largest absolute Gasteiger partial charge is 0.349 e. The van der Waals surface area contributed by atoms with Crippen LogP contribution in [0.1, 0.15) is 31.9 Å². The third kappa shape index (κ3) is 3.95.